The van der Waals surface area contributed by atoms with Gasteiger partial charge >= 0.3 is 0 Å². The molecular formula is C13H10Cl2N4O2S. The Kier molecular flexibility index (Phi) is 5.37. The Labute approximate surface area is 141 Å². The Hall–Kier alpha value is -2.09. The van der Waals surface area contributed by atoms with Gasteiger partial charge in [0.1, 0.15) is 5.69 Å². The second-order valence-electron chi connectivity index (χ2n) is 4.10. The third kappa shape index (κ3) is 4.20. The zero-order valence-electron chi connectivity index (χ0n) is 11.0. The third-order valence-electron chi connectivity index (χ3n) is 2.59. The summed E-state index contributed by atoms with van der Waals surface area (Å²) in [6, 6.07) is 11.1. The van der Waals surface area contributed by atoms with Crippen LogP contribution in [0.2, 0.25) is 10.0 Å². The maximum Gasteiger partial charge on any atom is 0.294 e. The zero-order valence-corrected chi connectivity index (χ0v) is 13.3. The fourth-order valence-corrected chi connectivity index (χ4v) is 2.22. The average molecular weight is 357 g/mol. The first-order valence-electron chi connectivity index (χ1n) is 5.99. The molecule has 0 saturated heterocycles. The fraction of sp³-hybridized carbons (Fsp3) is 0. The molecule has 0 aliphatic carbocycles. The molecule has 3 N–H and O–H groups in total. The van der Waals surface area contributed by atoms with Crippen molar-refractivity contribution in [3.05, 3.63) is 62.6 Å². The van der Waals surface area contributed by atoms with Crippen LogP contribution in [0.15, 0.2) is 42.5 Å². The van der Waals surface area contributed by atoms with Gasteiger partial charge in [-0.1, -0.05) is 35.3 Å². The smallest absolute Gasteiger partial charge is 0.294 e. The number of nitro benzene ring substituents is 1. The summed E-state index contributed by atoms with van der Waals surface area (Å²) in [7, 11) is 0. The number of para-hydroxylation sites is 2. The SMILES string of the molecule is O=[N+]([O-])c1ccccc1NNC(=S)Nc1ccc(Cl)cc1Cl. The van der Waals surface area contributed by atoms with E-state index in [1.54, 1.807) is 36.4 Å². The van der Waals surface area contributed by atoms with Gasteiger partial charge in [0.2, 0.25) is 0 Å². The van der Waals surface area contributed by atoms with Gasteiger partial charge in [-0.2, -0.15) is 0 Å². The summed E-state index contributed by atoms with van der Waals surface area (Å²) in [5.41, 5.74) is 6.13. The molecule has 114 valence electrons. The molecule has 0 radical (unpaired) electrons. The van der Waals surface area contributed by atoms with Crippen molar-refractivity contribution < 1.29 is 4.92 Å². The van der Waals surface area contributed by atoms with E-state index < -0.39 is 4.92 Å². The number of rotatable bonds is 4. The van der Waals surface area contributed by atoms with Gasteiger partial charge in [-0.05, 0) is 36.5 Å². The fourth-order valence-electron chi connectivity index (χ4n) is 1.61. The summed E-state index contributed by atoms with van der Waals surface area (Å²) in [6.07, 6.45) is 0. The number of nitrogens with zero attached hydrogens (tertiary/aromatic N) is 1. The number of halogens is 2. The Morgan fingerprint density at radius 2 is 1.86 bits per heavy atom. The highest BCUT2D eigenvalue weighted by Gasteiger charge is 2.12. The number of nitro groups is 1. The van der Waals surface area contributed by atoms with Crippen molar-refractivity contribution in [1.82, 2.24) is 5.43 Å². The number of hydrogen-bond acceptors (Lipinski definition) is 4. The summed E-state index contributed by atoms with van der Waals surface area (Å²) < 4.78 is 0. The van der Waals surface area contributed by atoms with Crippen molar-refractivity contribution in [2.75, 3.05) is 10.7 Å². The first kappa shape index (κ1) is 16.3. The second-order valence-corrected chi connectivity index (χ2v) is 5.35. The van der Waals surface area contributed by atoms with Gasteiger partial charge in [0.15, 0.2) is 5.11 Å². The van der Waals surface area contributed by atoms with Crippen molar-refractivity contribution in [2.45, 2.75) is 0 Å². The molecule has 0 amide bonds. The molecule has 0 aliphatic rings. The number of hydrazine groups is 1. The summed E-state index contributed by atoms with van der Waals surface area (Å²) in [6.45, 7) is 0. The Bertz CT molecular complexity index is 727. The molecule has 6 nitrogen and oxygen atoms in total. The highest BCUT2D eigenvalue weighted by atomic mass is 35.5. The largest absolute Gasteiger partial charge is 0.330 e. The van der Waals surface area contributed by atoms with Crippen LogP contribution < -0.4 is 16.2 Å². The van der Waals surface area contributed by atoms with E-state index in [0.717, 1.165) is 0 Å². The van der Waals surface area contributed by atoms with E-state index in [-0.39, 0.29) is 10.8 Å². The lowest BCUT2D eigenvalue weighted by Crippen LogP contribution is -2.33. The molecule has 9 heteroatoms. The van der Waals surface area contributed by atoms with Gasteiger partial charge in [0.05, 0.1) is 15.6 Å². The lowest BCUT2D eigenvalue weighted by molar-refractivity contribution is -0.384. The summed E-state index contributed by atoms with van der Waals surface area (Å²) in [5, 5.41) is 14.9. The maximum absolute atomic E-state index is 10.9. The van der Waals surface area contributed by atoms with Crippen molar-refractivity contribution in [3.63, 3.8) is 0 Å². The maximum atomic E-state index is 10.9. The van der Waals surface area contributed by atoms with Crippen LogP contribution in [0.3, 0.4) is 0 Å². The number of hydrogen-bond donors (Lipinski definition) is 3. The highest BCUT2D eigenvalue weighted by Crippen LogP contribution is 2.25. The molecule has 0 aromatic heterocycles. The molecule has 2 aromatic rings. The summed E-state index contributed by atoms with van der Waals surface area (Å²) in [5.74, 6) is 0. The predicted molar refractivity (Wildman–Crippen MR) is 92.5 cm³/mol. The molecule has 0 atom stereocenters. The first-order chi connectivity index (χ1) is 10.5. The molecule has 2 rings (SSSR count). The molecule has 2 aromatic carbocycles. The molecule has 0 unspecified atom stereocenters. The van der Waals surface area contributed by atoms with Gasteiger partial charge < -0.3 is 5.32 Å². The van der Waals surface area contributed by atoms with Crippen molar-refractivity contribution >= 4 is 57.6 Å². The molecule has 0 aliphatic heterocycles. The Balaban J connectivity index is 2.00. The topological polar surface area (TPSA) is 79.2 Å². The van der Waals surface area contributed by atoms with E-state index in [1.807, 2.05) is 0 Å². The van der Waals surface area contributed by atoms with Gasteiger partial charge in [0.25, 0.3) is 5.69 Å². The monoisotopic (exact) mass is 356 g/mol. The van der Waals surface area contributed by atoms with Crippen molar-refractivity contribution in [3.8, 4) is 0 Å². The lowest BCUT2D eigenvalue weighted by Gasteiger charge is -2.13. The Morgan fingerprint density at radius 1 is 1.14 bits per heavy atom. The second kappa shape index (κ2) is 7.26. The van der Waals surface area contributed by atoms with Crippen LogP contribution >= 0.6 is 35.4 Å². The van der Waals surface area contributed by atoms with Gasteiger partial charge in [-0.15, -0.1) is 0 Å². The van der Waals surface area contributed by atoms with Crippen LogP contribution in [0, 0.1) is 10.1 Å². The number of anilines is 2. The predicted octanol–water partition coefficient (Wildman–Crippen LogP) is 4.22. The highest BCUT2D eigenvalue weighted by molar-refractivity contribution is 7.80. The third-order valence-corrected chi connectivity index (χ3v) is 3.34. The van der Waals surface area contributed by atoms with E-state index in [4.69, 9.17) is 35.4 Å². The summed E-state index contributed by atoms with van der Waals surface area (Å²) >= 11 is 16.9. The molecule has 0 fully saturated rings. The number of benzene rings is 2. The van der Waals surface area contributed by atoms with Crippen LogP contribution in [0.25, 0.3) is 0 Å². The van der Waals surface area contributed by atoms with Gasteiger partial charge in [-0.3, -0.25) is 21.0 Å². The van der Waals surface area contributed by atoms with Crippen molar-refractivity contribution in [2.24, 2.45) is 0 Å². The number of nitrogens with one attached hydrogen (secondary N) is 3. The Morgan fingerprint density at radius 3 is 2.55 bits per heavy atom. The minimum absolute atomic E-state index is 0.0673. The standard InChI is InChI=1S/C13H10Cl2N4O2S/c14-8-5-6-10(9(15)7-8)16-13(22)18-17-11-3-1-2-4-12(11)19(20)21/h1-7,17H,(H2,16,18,22). The minimum atomic E-state index is -0.490. The van der Waals surface area contributed by atoms with E-state index in [0.29, 0.717) is 21.4 Å². The van der Waals surface area contributed by atoms with E-state index in [2.05, 4.69) is 16.2 Å². The first-order valence-corrected chi connectivity index (χ1v) is 7.15. The number of thiocarbonyl (C=S) groups is 1. The lowest BCUT2D eigenvalue weighted by atomic mass is 10.3. The van der Waals surface area contributed by atoms with Gasteiger partial charge in [0, 0.05) is 11.1 Å². The molecule has 0 spiro atoms. The molecular weight excluding hydrogens is 347 g/mol. The van der Waals surface area contributed by atoms with Gasteiger partial charge in [-0.25, -0.2) is 0 Å². The van der Waals surface area contributed by atoms with E-state index in [9.17, 15) is 10.1 Å². The van der Waals surface area contributed by atoms with E-state index in [1.165, 1.54) is 6.07 Å². The molecule has 0 bridgehead atoms. The normalized spacial score (nSPS) is 9.91. The summed E-state index contributed by atoms with van der Waals surface area (Å²) in [4.78, 5) is 10.4. The molecule has 0 heterocycles. The molecule has 22 heavy (non-hydrogen) atoms. The minimum Gasteiger partial charge on any atom is -0.330 e. The van der Waals surface area contributed by atoms with E-state index >= 15 is 0 Å². The average Bonchev–Trinajstić information content (AvgIpc) is 2.48. The quantitative estimate of drug-likeness (QED) is 0.432. The van der Waals surface area contributed by atoms with Crippen LogP contribution in [-0.2, 0) is 0 Å². The van der Waals surface area contributed by atoms with Crippen molar-refractivity contribution in [1.29, 1.82) is 0 Å². The zero-order chi connectivity index (χ0) is 16.1. The van der Waals surface area contributed by atoms with Crippen LogP contribution in [0.5, 0.6) is 0 Å². The van der Waals surface area contributed by atoms with Crippen LogP contribution in [0.4, 0.5) is 17.1 Å². The molecule has 0 saturated carbocycles. The van der Waals surface area contributed by atoms with Crippen LogP contribution in [-0.4, -0.2) is 10.0 Å². The van der Waals surface area contributed by atoms with Crippen LogP contribution in [0.1, 0.15) is 0 Å².